The number of hydrogen-bond donors (Lipinski definition) is 2. The van der Waals surface area contributed by atoms with Gasteiger partial charge >= 0.3 is 0 Å². The maximum atomic E-state index is 12.1. The zero-order chi connectivity index (χ0) is 20.6. The van der Waals surface area contributed by atoms with Crippen LogP contribution in [-0.4, -0.2) is 42.4 Å². The van der Waals surface area contributed by atoms with Crippen LogP contribution >= 0.6 is 0 Å². The van der Waals surface area contributed by atoms with Crippen molar-refractivity contribution in [2.24, 2.45) is 40.4 Å². The van der Waals surface area contributed by atoms with Gasteiger partial charge in [-0.05, 0) is 91.8 Å². The average Bonchev–Trinajstić information content (AvgIpc) is 3.46. The van der Waals surface area contributed by atoms with Gasteiger partial charge in [0.05, 0.1) is 11.7 Å². The molecule has 0 bridgehead atoms. The Bertz CT molecular complexity index is 686. The molecule has 0 aliphatic heterocycles. The minimum absolute atomic E-state index is 0.0175. The Morgan fingerprint density at radius 2 is 1.86 bits per heavy atom. The smallest absolute Gasteiger partial charge is 0.156 e. The molecule has 0 heterocycles. The molecule has 5 aliphatic carbocycles. The summed E-state index contributed by atoms with van der Waals surface area (Å²) in [5.41, 5.74) is 1.25. The van der Waals surface area contributed by atoms with Gasteiger partial charge in [0.15, 0.2) is 6.29 Å². The van der Waals surface area contributed by atoms with E-state index in [2.05, 4.69) is 19.9 Å². The second-order valence-electron chi connectivity index (χ2n) is 11.4. The number of ether oxygens (including phenoxy) is 2. The summed E-state index contributed by atoms with van der Waals surface area (Å²) in [7, 11) is 3.38. The van der Waals surface area contributed by atoms with Crippen molar-refractivity contribution in [2.75, 3.05) is 14.2 Å². The molecule has 0 amide bonds. The van der Waals surface area contributed by atoms with Crippen LogP contribution in [0.4, 0.5) is 0 Å². The third kappa shape index (κ3) is 2.71. The number of rotatable bonds is 5. The van der Waals surface area contributed by atoms with E-state index in [1.807, 2.05) is 0 Å². The lowest BCUT2D eigenvalue weighted by Gasteiger charge is -2.60. The molecule has 0 saturated heterocycles. The molecule has 5 rings (SSSR count). The van der Waals surface area contributed by atoms with Crippen molar-refractivity contribution in [1.82, 2.24) is 0 Å². The van der Waals surface area contributed by atoms with E-state index >= 15 is 0 Å². The summed E-state index contributed by atoms with van der Waals surface area (Å²) in [6.45, 7) is 4.89. The van der Waals surface area contributed by atoms with Crippen LogP contribution in [0.3, 0.4) is 0 Å². The molecule has 4 heteroatoms. The SMILES string of the molecule is COC(CC[C@]1(O)[C@H]2C[C@H]2[C@@H]2[C@@H]3CC=C4C[C@@H](O)CC[C@]4(C)[C@@H]3CC[C@@]21C)OC. The second kappa shape index (κ2) is 6.79. The van der Waals surface area contributed by atoms with Crippen molar-refractivity contribution >= 4 is 0 Å². The number of fused-ring (bicyclic) bond motifs is 7. The van der Waals surface area contributed by atoms with E-state index in [1.165, 1.54) is 18.4 Å². The van der Waals surface area contributed by atoms with Crippen molar-refractivity contribution in [2.45, 2.75) is 89.6 Å². The summed E-state index contributed by atoms with van der Waals surface area (Å²) in [6.07, 6.45) is 11.4. The molecule has 29 heavy (non-hydrogen) atoms. The zero-order valence-electron chi connectivity index (χ0n) is 18.7. The van der Waals surface area contributed by atoms with E-state index < -0.39 is 5.60 Å². The van der Waals surface area contributed by atoms with E-state index in [1.54, 1.807) is 14.2 Å². The van der Waals surface area contributed by atoms with Crippen LogP contribution in [0.5, 0.6) is 0 Å². The van der Waals surface area contributed by atoms with Gasteiger partial charge in [0.1, 0.15) is 0 Å². The van der Waals surface area contributed by atoms with Crippen molar-refractivity contribution in [3.8, 4) is 0 Å². The molecule has 164 valence electrons. The van der Waals surface area contributed by atoms with Crippen molar-refractivity contribution in [3.05, 3.63) is 11.6 Å². The van der Waals surface area contributed by atoms with Crippen molar-refractivity contribution < 1.29 is 19.7 Å². The van der Waals surface area contributed by atoms with Gasteiger partial charge in [-0.15, -0.1) is 0 Å². The number of aliphatic hydroxyl groups is 2. The molecule has 4 fully saturated rings. The van der Waals surface area contributed by atoms with Gasteiger partial charge in [-0.1, -0.05) is 25.5 Å². The number of aliphatic hydroxyl groups excluding tert-OH is 1. The highest BCUT2D eigenvalue weighted by atomic mass is 16.7. The van der Waals surface area contributed by atoms with Gasteiger partial charge < -0.3 is 19.7 Å². The van der Waals surface area contributed by atoms with Crippen LogP contribution in [-0.2, 0) is 9.47 Å². The normalized spacial score (nSPS) is 53.0. The lowest BCUT2D eigenvalue weighted by molar-refractivity contribution is -0.165. The monoisotopic (exact) mass is 404 g/mol. The van der Waals surface area contributed by atoms with Crippen LogP contribution in [0.1, 0.15) is 71.6 Å². The highest BCUT2D eigenvalue weighted by Crippen LogP contribution is 2.77. The predicted molar refractivity (Wildman–Crippen MR) is 112 cm³/mol. The summed E-state index contributed by atoms with van der Waals surface area (Å²) in [4.78, 5) is 0. The third-order valence-electron chi connectivity index (χ3n) is 10.5. The van der Waals surface area contributed by atoms with Crippen LogP contribution in [0.15, 0.2) is 11.6 Å². The lowest BCUT2D eigenvalue weighted by atomic mass is 9.45. The third-order valence-corrected chi connectivity index (χ3v) is 10.5. The summed E-state index contributed by atoms with van der Waals surface area (Å²) in [5, 5.41) is 22.3. The molecule has 2 N–H and O–H groups in total. The first-order valence-corrected chi connectivity index (χ1v) is 11.9. The van der Waals surface area contributed by atoms with E-state index in [0.29, 0.717) is 23.7 Å². The molecule has 4 nitrogen and oxygen atoms in total. The standard InChI is InChI=1S/C25H40O4/c1-23-10-7-16(26)13-15(23)5-6-17-19(23)8-11-24(2)22(17)18-14-20(18)25(24,27)12-9-21(28-3)29-4/h5,16-22,26-27H,6-14H2,1-4H3/t16-,17+,18+,19+,20-,22-,23-,24-,25-/m0/s1. The number of allylic oxidation sites excluding steroid dienone is 1. The molecule has 0 radical (unpaired) electrons. The van der Waals surface area contributed by atoms with Gasteiger partial charge in [0.2, 0.25) is 0 Å². The molecular weight excluding hydrogens is 364 g/mol. The second-order valence-corrected chi connectivity index (χ2v) is 11.4. The maximum Gasteiger partial charge on any atom is 0.156 e. The Kier molecular flexibility index (Phi) is 4.79. The molecule has 0 unspecified atom stereocenters. The van der Waals surface area contributed by atoms with Crippen molar-refractivity contribution in [1.29, 1.82) is 0 Å². The molecule has 0 aromatic rings. The first kappa shape index (κ1) is 20.5. The molecule has 0 aromatic heterocycles. The Hall–Kier alpha value is -0.420. The van der Waals surface area contributed by atoms with Gasteiger partial charge in [0.25, 0.3) is 0 Å². The Morgan fingerprint density at radius 1 is 1.10 bits per heavy atom. The molecule has 0 spiro atoms. The average molecular weight is 405 g/mol. The molecular formula is C25H40O4. The topological polar surface area (TPSA) is 58.9 Å². The largest absolute Gasteiger partial charge is 0.393 e. The number of methoxy groups -OCH3 is 2. The zero-order valence-corrected chi connectivity index (χ0v) is 18.7. The Labute approximate surface area is 176 Å². The lowest BCUT2D eigenvalue weighted by Crippen LogP contribution is -2.56. The fourth-order valence-electron chi connectivity index (χ4n) is 8.92. The maximum absolute atomic E-state index is 12.1. The minimum atomic E-state index is -0.573. The van der Waals surface area contributed by atoms with Gasteiger partial charge in [0, 0.05) is 20.6 Å². The highest BCUT2D eigenvalue weighted by molar-refractivity contribution is 5.29. The van der Waals surface area contributed by atoms with E-state index in [-0.39, 0.29) is 23.2 Å². The van der Waals surface area contributed by atoms with Gasteiger partial charge in [-0.25, -0.2) is 0 Å². The van der Waals surface area contributed by atoms with Crippen LogP contribution in [0.2, 0.25) is 0 Å². The Balaban J connectivity index is 1.42. The van der Waals surface area contributed by atoms with E-state index in [4.69, 9.17) is 9.47 Å². The highest BCUT2D eigenvalue weighted by Gasteiger charge is 2.75. The summed E-state index contributed by atoms with van der Waals surface area (Å²) in [5.74, 6) is 3.23. The van der Waals surface area contributed by atoms with E-state index in [0.717, 1.165) is 50.9 Å². The fraction of sp³-hybridized carbons (Fsp3) is 0.920. The fourth-order valence-corrected chi connectivity index (χ4v) is 8.92. The number of hydrogen-bond acceptors (Lipinski definition) is 4. The van der Waals surface area contributed by atoms with Crippen molar-refractivity contribution in [3.63, 3.8) is 0 Å². The van der Waals surface area contributed by atoms with Gasteiger partial charge in [-0.2, -0.15) is 0 Å². The van der Waals surface area contributed by atoms with Crippen LogP contribution < -0.4 is 0 Å². The molecule has 4 saturated carbocycles. The van der Waals surface area contributed by atoms with Gasteiger partial charge in [-0.3, -0.25) is 0 Å². The summed E-state index contributed by atoms with van der Waals surface area (Å²) in [6, 6.07) is 0. The van der Waals surface area contributed by atoms with Crippen LogP contribution in [0, 0.1) is 40.4 Å². The van der Waals surface area contributed by atoms with E-state index in [9.17, 15) is 10.2 Å². The summed E-state index contributed by atoms with van der Waals surface area (Å²) >= 11 is 0. The first-order valence-electron chi connectivity index (χ1n) is 11.9. The Morgan fingerprint density at radius 3 is 2.59 bits per heavy atom. The summed E-state index contributed by atoms with van der Waals surface area (Å²) < 4.78 is 10.9. The molecule has 0 aromatic carbocycles. The molecule has 5 aliphatic rings. The van der Waals surface area contributed by atoms with Crippen LogP contribution in [0.25, 0.3) is 0 Å². The first-order chi connectivity index (χ1) is 13.8. The molecule has 9 atom stereocenters. The quantitative estimate of drug-likeness (QED) is 0.530. The predicted octanol–water partition coefficient (Wildman–Crippen LogP) is 4.30. The minimum Gasteiger partial charge on any atom is -0.393 e.